The Morgan fingerprint density at radius 1 is 1.50 bits per heavy atom. The van der Waals surface area contributed by atoms with Crippen LogP contribution in [0.25, 0.3) is 0 Å². The van der Waals surface area contributed by atoms with Crippen LogP contribution in [0, 0.1) is 0 Å². The number of rotatable bonds is 1. The van der Waals surface area contributed by atoms with E-state index in [4.69, 9.17) is 4.74 Å². The summed E-state index contributed by atoms with van der Waals surface area (Å²) in [6, 6.07) is 0. The lowest BCUT2D eigenvalue weighted by Gasteiger charge is -2.17. The molecule has 1 radical (unpaired) electrons. The molecule has 0 aromatic rings. The maximum Gasteiger partial charge on any atom is 0.194 e. The molecule has 1 aliphatic heterocycles. The fraction of sp³-hybridized carbons (Fsp3) is 1.00. The number of ether oxygens (including phenoxy) is 1. The Morgan fingerprint density at radius 2 is 2.38 bits per heavy atom. The lowest BCUT2D eigenvalue weighted by molar-refractivity contribution is -0.395. The molecule has 0 aliphatic carbocycles. The topological polar surface area (TPSA) is 38.4 Å². The van der Waals surface area contributed by atoms with E-state index in [2.05, 4.69) is 4.89 Å². The SMILES string of the molecule is [O]O[C@@H]1CCCCO1. The van der Waals surface area contributed by atoms with Crippen molar-refractivity contribution in [3.05, 3.63) is 0 Å². The minimum atomic E-state index is -0.469. The third-order valence-corrected chi connectivity index (χ3v) is 1.25. The lowest BCUT2D eigenvalue weighted by atomic mass is 10.2. The van der Waals surface area contributed by atoms with Gasteiger partial charge in [0.15, 0.2) is 6.29 Å². The second-order valence-electron chi connectivity index (χ2n) is 1.89. The van der Waals surface area contributed by atoms with Crippen molar-refractivity contribution < 1.29 is 14.9 Å². The van der Waals surface area contributed by atoms with Gasteiger partial charge in [-0.25, -0.2) is 0 Å². The van der Waals surface area contributed by atoms with Gasteiger partial charge in [0.25, 0.3) is 0 Å². The Labute approximate surface area is 48.1 Å². The minimum Gasteiger partial charge on any atom is -0.350 e. The van der Waals surface area contributed by atoms with E-state index in [9.17, 15) is 5.26 Å². The summed E-state index contributed by atoms with van der Waals surface area (Å²) in [4.78, 5) is 3.72. The molecule has 0 spiro atoms. The van der Waals surface area contributed by atoms with Crippen molar-refractivity contribution in [1.82, 2.24) is 0 Å². The van der Waals surface area contributed by atoms with Gasteiger partial charge in [-0.3, -0.25) is 0 Å². The second kappa shape index (κ2) is 3.02. The molecule has 8 heavy (non-hydrogen) atoms. The predicted molar refractivity (Wildman–Crippen MR) is 25.4 cm³/mol. The van der Waals surface area contributed by atoms with Crippen LogP contribution in [-0.2, 0) is 14.9 Å². The quantitative estimate of drug-likeness (QED) is 0.377. The summed E-state index contributed by atoms with van der Waals surface area (Å²) in [5.41, 5.74) is 0. The molecule has 3 nitrogen and oxygen atoms in total. The van der Waals surface area contributed by atoms with Crippen LogP contribution < -0.4 is 0 Å². The Hall–Kier alpha value is -0.120. The van der Waals surface area contributed by atoms with Crippen molar-refractivity contribution in [2.45, 2.75) is 25.6 Å². The second-order valence-corrected chi connectivity index (χ2v) is 1.89. The highest BCUT2D eigenvalue weighted by molar-refractivity contribution is 4.51. The van der Waals surface area contributed by atoms with Crippen LogP contribution >= 0.6 is 0 Å². The van der Waals surface area contributed by atoms with Crippen LogP contribution in [0.2, 0.25) is 0 Å². The summed E-state index contributed by atoms with van der Waals surface area (Å²) in [6.07, 6.45) is 2.39. The molecule has 0 bridgehead atoms. The molecule has 0 aromatic heterocycles. The summed E-state index contributed by atoms with van der Waals surface area (Å²) in [6.45, 7) is 0.674. The zero-order chi connectivity index (χ0) is 5.82. The predicted octanol–water partition coefficient (Wildman–Crippen LogP) is 0.875. The standard InChI is InChI=1S/C5H9O3/c6-8-5-3-1-2-4-7-5/h5H,1-4H2/t5-/m1/s1. The maximum absolute atomic E-state index is 9.66. The van der Waals surface area contributed by atoms with Gasteiger partial charge in [0, 0.05) is 13.0 Å². The van der Waals surface area contributed by atoms with Gasteiger partial charge < -0.3 is 4.74 Å². The molecule has 0 saturated carbocycles. The average Bonchev–Trinajstić information content (AvgIpc) is 1.90. The third-order valence-electron chi connectivity index (χ3n) is 1.25. The number of hydrogen-bond acceptors (Lipinski definition) is 2. The zero-order valence-corrected chi connectivity index (χ0v) is 4.63. The van der Waals surface area contributed by atoms with Crippen molar-refractivity contribution in [2.75, 3.05) is 6.61 Å². The maximum atomic E-state index is 9.66. The molecule has 47 valence electrons. The fourth-order valence-corrected chi connectivity index (χ4v) is 0.787. The van der Waals surface area contributed by atoms with E-state index in [0.717, 1.165) is 19.3 Å². The third kappa shape index (κ3) is 1.43. The van der Waals surface area contributed by atoms with Gasteiger partial charge in [0.2, 0.25) is 0 Å². The van der Waals surface area contributed by atoms with E-state index in [0.29, 0.717) is 6.61 Å². The fourth-order valence-electron chi connectivity index (χ4n) is 0.787. The van der Waals surface area contributed by atoms with Gasteiger partial charge in [0.05, 0.1) is 0 Å². The van der Waals surface area contributed by atoms with Crippen molar-refractivity contribution in [2.24, 2.45) is 0 Å². The Bertz CT molecular complexity index is 58.7. The van der Waals surface area contributed by atoms with Gasteiger partial charge in [0.1, 0.15) is 0 Å². The smallest absolute Gasteiger partial charge is 0.194 e. The van der Waals surface area contributed by atoms with Crippen molar-refractivity contribution in [3.63, 3.8) is 0 Å². The largest absolute Gasteiger partial charge is 0.350 e. The van der Waals surface area contributed by atoms with E-state index < -0.39 is 6.29 Å². The van der Waals surface area contributed by atoms with Gasteiger partial charge in [-0.2, -0.15) is 4.89 Å². The van der Waals surface area contributed by atoms with E-state index in [-0.39, 0.29) is 0 Å². The molecule has 0 unspecified atom stereocenters. The van der Waals surface area contributed by atoms with E-state index >= 15 is 0 Å². The molecule has 1 aliphatic rings. The minimum absolute atomic E-state index is 0.469. The van der Waals surface area contributed by atoms with E-state index in [1.165, 1.54) is 0 Å². The molecular formula is C5H9O3. The lowest BCUT2D eigenvalue weighted by Crippen LogP contribution is -2.19. The Balaban J connectivity index is 2.13. The molecule has 0 N–H and O–H groups in total. The van der Waals surface area contributed by atoms with Crippen LogP contribution in [0.3, 0.4) is 0 Å². The first-order chi connectivity index (χ1) is 3.93. The van der Waals surface area contributed by atoms with Gasteiger partial charge >= 0.3 is 0 Å². The molecule has 1 fully saturated rings. The van der Waals surface area contributed by atoms with Crippen LogP contribution in [0.15, 0.2) is 0 Å². The van der Waals surface area contributed by atoms with Crippen LogP contribution in [0.4, 0.5) is 0 Å². The van der Waals surface area contributed by atoms with Gasteiger partial charge in [-0.1, -0.05) is 0 Å². The van der Waals surface area contributed by atoms with Crippen molar-refractivity contribution >= 4 is 0 Å². The Kier molecular flexibility index (Phi) is 2.27. The summed E-state index contributed by atoms with van der Waals surface area (Å²) >= 11 is 0. The molecule has 3 heteroatoms. The molecule has 1 atom stereocenters. The average molecular weight is 117 g/mol. The first-order valence-electron chi connectivity index (χ1n) is 2.83. The van der Waals surface area contributed by atoms with Gasteiger partial charge in [-0.05, 0) is 18.1 Å². The van der Waals surface area contributed by atoms with Crippen LogP contribution in [-0.4, -0.2) is 12.9 Å². The highest BCUT2D eigenvalue weighted by Gasteiger charge is 2.13. The molecule has 1 heterocycles. The van der Waals surface area contributed by atoms with Crippen molar-refractivity contribution in [3.8, 4) is 0 Å². The number of hydrogen-bond donors (Lipinski definition) is 0. The molecule has 1 saturated heterocycles. The molecule has 0 aromatic carbocycles. The van der Waals surface area contributed by atoms with E-state index in [1.54, 1.807) is 0 Å². The summed E-state index contributed by atoms with van der Waals surface area (Å²) in [5.74, 6) is 0. The first-order valence-corrected chi connectivity index (χ1v) is 2.83. The summed E-state index contributed by atoms with van der Waals surface area (Å²) < 4.78 is 4.89. The zero-order valence-electron chi connectivity index (χ0n) is 4.63. The van der Waals surface area contributed by atoms with Crippen molar-refractivity contribution in [1.29, 1.82) is 0 Å². The van der Waals surface area contributed by atoms with E-state index in [1.807, 2.05) is 0 Å². The first kappa shape index (κ1) is 6.01. The Morgan fingerprint density at radius 3 is 2.75 bits per heavy atom. The summed E-state index contributed by atoms with van der Waals surface area (Å²) in [5, 5.41) is 9.66. The van der Waals surface area contributed by atoms with Crippen LogP contribution in [0.1, 0.15) is 19.3 Å². The summed E-state index contributed by atoms with van der Waals surface area (Å²) in [7, 11) is 0. The van der Waals surface area contributed by atoms with Crippen LogP contribution in [0.5, 0.6) is 0 Å². The van der Waals surface area contributed by atoms with Gasteiger partial charge in [-0.15, -0.1) is 0 Å². The molecule has 0 amide bonds. The highest BCUT2D eigenvalue weighted by Crippen LogP contribution is 2.11. The molecule has 1 rings (SSSR count). The monoisotopic (exact) mass is 117 g/mol. The normalized spacial score (nSPS) is 30.4. The highest BCUT2D eigenvalue weighted by atomic mass is 17.1. The molecular weight excluding hydrogens is 108 g/mol.